The molecule has 6 nitrogen and oxygen atoms in total. The minimum atomic E-state index is -0.685. The van der Waals surface area contributed by atoms with E-state index in [1.165, 1.54) is 4.90 Å². The second-order valence-corrected chi connectivity index (χ2v) is 8.06. The number of carbonyl (C=O) groups excluding carboxylic acids is 3. The predicted octanol–water partition coefficient (Wildman–Crippen LogP) is 4.04. The Morgan fingerprint density at radius 2 is 1.66 bits per heavy atom. The number of rotatable bonds is 2. The molecule has 0 aromatic heterocycles. The molecule has 1 heterocycles. The van der Waals surface area contributed by atoms with Crippen molar-refractivity contribution in [3.05, 3.63) is 65.7 Å². The van der Waals surface area contributed by atoms with Gasteiger partial charge in [-0.15, -0.1) is 0 Å². The molecule has 0 saturated heterocycles. The molecule has 0 spiro atoms. The first-order chi connectivity index (χ1) is 13.7. The fourth-order valence-electron chi connectivity index (χ4n) is 3.20. The lowest BCUT2D eigenvalue weighted by Crippen LogP contribution is -2.44. The average molecular weight is 394 g/mol. The number of amides is 2. The molecule has 6 heteroatoms. The van der Waals surface area contributed by atoms with Crippen molar-refractivity contribution in [2.75, 3.05) is 18.0 Å². The molecule has 29 heavy (non-hydrogen) atoms. The van der Waals surface area contributed by atoms with Gasteiger partial charge in [-0.05, 0) is 38.5 Å². The fraction of sp³-hybridized carbons (Fsp3) is 0.348. The molecule has 0 atom stereocenters. The van der Waals surface area contributed by atoms with Crippen LogP contribution >= 0.6 is 0 Å². The summed E-state index contributed by atoms with van der Waals surface area (Å²) in [4.78, 5) is 41.6. The molecule has 0 unspecified atom stereocenters. The number of para-hydroxylation sites is 1. The van der Waals surface area contributed by atoms with E-state index in [1.54, 1.807) is 49.9 Å². The second-order valence-electron chi connectivity index (χ2n) is 8.06. The third-order valence-electron chi connectivity index (χ3n) is 4.57. The SMILES string of the molecule is CC(C)(C)OC(=O)N1CCC(=O)c2ccccc2N(Cc2ccccc2)C(=O)C1. The van der Waals surface area contributed by atoms with E-state index in [4.69, 9.17) is 4.74 Å². The Balaban J connectivity index is 1.96. The number of benzene rings is 2. The minimum Gasteiger partial charge on any atom is -0.444 e. The van der Waals surface area contributed by atoms with Crippen molar-refractivity contribution in [3.8, 4) is 0 Å². The number of Topliss-reactive ketones (excluding diaryl/α,β-unsaturated/α-hetero) is 1. The molecular weight excluding hydrogens is 368 g/mol. The Labute approximate surface area is 171 Å². The Kier molecular flexibility index (Phi) is 6.01. The number of ketones is 1. The first-order valence-corrected chi connectivity index (χ1v) is 9.69. The van der Waals surface area contributed by atoms with E-state index in [9.17, 15) is 14.4 Å². The Morgan fingerprint density at radius 3 is 2.34 bits per heavy atom. The van der Waals surface area contributed by atoms with Gasteiger partial charge in [0.2, 0.25) is 5.91 Å². The summed E-state index contributed by atoms with van der Waals surface area (Å²) in [6.45, 7) is 5.60. The maximum Gasteiger partial charge on any atom is 0.410 e. The molecule has 152 valence electrons. The highest BCUT2D eigenvalue weighted by atomic mass is 16.6. The minimum absolute atomic E-state index is 0.109. The van der Waals surface area contributed by atoms with Gasteiger partial charge in [0.15, 0.2) is 5.78 Å². The summed E-state index contributed by atoms with van der Waals surface area (Å²) in [5.41, 5.74) is 1.31. The summed E-state index contributed by atoms with van der Waals surface area (Å²) in [5.74, 6) is -0.371. The molecule has 2 aromatic carbocycles. The summed E-state index contributed by atoms with van der Waals surface area (Å²) in [6.07, 6.45) is -0.466. The molecule has 0 N–H and O–H groups in total. The summed E-state index contributed by atoms with van der Waals surface area (Å²) < 4.78 is 5.43. The molecule has 3 rings (SSSR count). The monoisotopic (exact) mass is 394 g/mol. The van der Waals surface area contributed by atoms with Gasteiger partial charge < -0.3 is 9.64 Å². The molecule has 0 radical (unpaired) electrons. The Morgan fingerprint density at radius 1 is 1.00 bits per heavy atom. The van der Waals surface area contributed by atoms with Crippen LogP contribution in [0.2, 0.25) is 0 Å². The molecule has 2 amide bonds. The lowest BCUT2D eigenvalue weighted by Gasteiger charge is -2.29. The molecule has 1 aliphatic heterocycles. The van der Waals surface area contributed by atoms with Crippen LogP contribution in [0.25, 0.3) is 0 Å². The zero-order valence-electron chi connectivity index (χ0n) is 17.1. The molecule has 0 aliphatic carbocycles. The van der Waals surface area contributed by atoms with Gasteiger partial charge >= 0.3 is 6.09 Å². The van der Waals surface area contributed by atoms with Crippen molar-refractivity contribution in [3.63, 3.8) is 0 Å². The van der Waals surface area contributed by atoms with Crippen LogP contribution < -0.4 is 4.90 Å². The maximum absolute atomic E-state index is 13.2. The largest absolute Gasteiger partial charge is 0.444 e. The topological polar surface area (TPSA) is 66.9 Å². The van der Waals surface area contributed by atoms with E-state index in [2.05, 4.69) is 0 Å². The number of hydrogen-bond donors (Lipinski definition) is 0. The first-order valence-electron chi connectivity index (χ1n) is 9.69. The Bertz CT molecular complexity index is 903. The summed E-state index contributed by atoms with van der Waals surface area (Å²) >= 11 is 0. The molecule has 0 saturated carbocycles. The lowest BCUT2D eigenvalue weighted by atomic mass is 10.0. The zero-order valence-corrected chi connectivity index (χ0v) is 17.1. The normalized spacial score (nSPS) is 15.3. The van der Waals surface area contributed by atoms with Crippen LogP contribution in [-0.2, 0) is 16.1 Å². The van der Waals surface area contributed by atoms with Crippen LogP contribution in [0.15, 0.2) is 54.6 Å². The van der Waals surface area contributed by atoms with Crippen molar-refractivity contribution in [2.24, 2.45) is 0 Å². The fourth-order valence-corrected chi connectivity index (χ4v) is 3.20. The van der Waals surface area contributed by atoms with Gasteiger partial charge in [-0.25, -0.2) is 4.79 Å². The van der Waals surface area contributed by atoms with E-state index >= 15 is 0 Å². The highest BCUT2D eigenvalue weighted by molar-refractivity contribution is 6.07. The van der Waals surface area contributed by atoms with Crippen LogP contribution in [0.3, 0.4) is 0 Å². The highest BCUT2D eigenvalue weighted by Gasteiger charge is 2.30. The first kappa shape index (κ1) is 20.6. The van der Waals surface area contributed by atoms with Crippen molar-refractivity contribution in [1.82, 2.24) is 4.90 Å². The van der Waals surface area contributed by atoms with E-state index in [1.807, 2.05) is 30.3 Å². The van der Waals surface area contributed by atoms with Gasteiger partial charge in [0, 0.05) is 18.5 Å². The summed E-state index contributed by atoms with van der Waals surface area (Å²) in [5, 5.41) is 0. The highest BCUT2D eigenvalue weighted by Crippen LogP contribution is 2.26. The van der Waals surface area contributed by atoms with Crippen molar-refractivity contribution < 1.29 is 19.1 Å². The molecule has 0 fully saturated rings. The quantitative estimate of drug-likeness (QED) is 0.771. The Hall–Kier alpha value is -3.15. The average Bonchev–Trinajstić information content (AvgIpc) is 2.72. The van der Waals surface area contributed by atoms with Gasteiger partial charge in [-0.3, -0.25) is 14.5 Å². The summed E-state index contributed by atoms with van der Waals surface area (Å²) in [6, 6.07) is 16.7. The molecule has 1 aliphatic rings. The molecule has 0 bridgehead atoms. The molecular formula is C23H26N2O4. The smallest absolute Gasteiger partial charge is 0.410 e. The maximum atomic E-state index is 13.2. The van der Waals surface area contributed by atoms with Crippen molar-refractivity contribution in [2.45, 2.75) is 39.3 Å². The van der Waals surface area contributed by atoms with E-state index in [-0.39, 0.29) is 31.2 Å². The van der Waals surface area contributed by atoms with Crippen LogP contribution in [0.1, 0.15) is 43.1 Å². The van der Waals surface area contributed by atoms with Gasteiger partial charge in [0.05, 0.1) is 12.2 Å². The number of ether oxygens (including phenoxy) is 1. The zero-order chi connectivity index (χ0) is 21.0. The number of carbonyl (C=O) groups is 3. The second kappa shape index (κ2) is 8.47. The van der Waals surface area contributed by atoms with Crippen LogP contribution in [-0.4, -0.2) is 41.4 Å². The number of anilines is 1. The molecule has 2 aromatic rings. The van der Waals surface area contributed by atoms with Crippen molar-refractivity contribution >= 4 is 23.5 Å². The van der Waals surface area contributed by atoms with Gasteiger partial charge in [-0.2, -0.15) is 0 Å². The van der Waals surface area contributed by atoms with Crippen LogP contribution in [0, 0.1) is 0 Å². The third kappa shape index (κ3) is 5.22. The summed E-state index contributed by atoms with van der Waals surface area (Å²) in [7, 11) is 0. The van der Waals surface area contributed by atoms with Gasteiger partial charge in [-0.1, -0.05) is 42.5 Å². The number of hydrogen-bond acceptors (Lipinski definition) is 4. The van der Waals surface area contributed by atoms with Gasteiger partial charge in [0.1, 0.15) is 12.1 Å². The van der Waals surface area contributed by atoms with E-state index in [0.717, 1.165) is 5.56 Å². The van der Waals surface area contributed by atoms with Gasteiger partial charge in [0.25, 0.3) is 0 Å². The van der Waals surface area contributed by atoms with Crippen LogP contribution in [0.4, 0.5) is 10.5 Å². The van der Waals surface area contributed by atoms with Crippen LogP contribution in [0.5, 0.6) is 0 Å². The predicted molar refractivity (Wildman–Crippen MR) is 111 cm³/mol. The third-order valence-corrected chi connectivity index (χ3v) is 4.57. The number of nitrogens with zero attached hydrogens (tertiary/aromatic N) is 2. The van der Waals surface area contributed by atoms with Crippen molar-refractivity contribution in [1.29, 1.82) is 0 Å². The van der Waals surface area contributed by atoms with E-state index in [0.29, 0.717) is 17.8 Å². The standard InChI is InChI=1S/C23H26N2O4/c1-23(2,3)29-22(28)24-14-13-20(26)18-11-7-8-12-19(18)25(21(27)16-24)15-17-9-5-4-6-10-17/h4-12H,13-16H2,1-3H3. The number of fused-ring (bicyclic) bond motifs is 1. The lowest BCUT2D eigenvalue weighted by molar-refractivity contribution is -0.119. The van der Waals surface area contributed by atoms with E-state index < -0.39 is 11.7 Å².